The molecule has 0 amide bonds. The minimum Gasteiger partial charge on any atom is -0.493 e. The lowest BCUT2D eigenvalue weighted by Gasteiger charge is -2.45. The number of hydrogen-bond donors (Lipinski definition) is 1. The number of hydrogen-bond acceptors (Lipinski definition) is 5. The van der Waals surface area contributed by atoms with Crippen LogP contribution in [0.25, 0.3) is 10.8 Å². The van der Waals surface area contributed by atoms with E-state index in [1.807, 2.05) is 18.2 Å². The fraction of sp³-hybridized carbons (Fsp3) is 0.407. The quantitative estimate of drug-likeness (QED) is 0.670. The Hall–Kier alpha value is -2.76. The maximum atomic E-state index is 11.9. The second-order valence-corrected chi connectivity index (χ2v) is 9.42. The maximum Gasteiger partial charge on any atom is 0.204 e. The number of aliphatic hydroxyl groups is 1. The van der Waals surface area contributed by atoms with Gasteiger partial charge in [0, 0.05) is 31.5 Å². The molecule has 3 atom stereocenters. The number of ether oxygens (including phenoxy) is 3. The molecule has 2 bridgehead atoms. The molecule has 166 valence electrons. The van der Waals surface area contributed by atoms with Crippen molar-refractivity contribution in [1.82, 2.24) is 4.90 Å². The zero-order valence-electron chi connectivity index (χ0n) is 18.4. The fourth-order valence-corrected chi connectivity index (χ4v) is 6.04. The van der Waals surface area contributed by atoms with Gasteiger partial charge in [0.1, 0.15) is 12.7 Å². The zero-order valence-corrected chi connectivity index (χ0v) is 18.4. The highest BCUT2D eigenvalue weighted by atomic mass is 16.6. The van der Waals surface area contributed by atoms with Crippen LogP contribution in [-0.2, 0) is 5.60 Å². The van der Waals surface area contributed by atoms with Crippen LogP contribution < -0.4 is 14.2 Å². The molecule has 1 aliphatic carbocycles. The van der Waals surface area contributed by atoms with E-state index >= 15 is 0 Å². The molecule has 6 rings (SSSR count). The Balaban J connectivity index is 1.19. The summed E-state index contributed by atoms with van der Waals surface area (Å²) in [4.78, 5) is 2.45. The first kappa shape index (κ1) is 19.9. The van der Waals surface area contributed by atoms with Gasteiger partial charge in [0.2, 0.25) is 5.75 Å². The molecular formula is C27H29NO4. The highest BCUT2D eigenvalue weighted by Gasteiger charge is 2.54. The van der Waals surface area contributed by atoms with E-state index in [2.05, 4.69) is 47.4 Å². The number of para-hydroxylation sites is 1. The minimum atomic E-state index is -0.750. The van der Waals surface area contributed by atoms with Gasteiger partial charge in [-0.05, 0) is 47.4 Å². The molecule has 3 aromatic carbocycles. The Morgan fingerprint density at radius 1 is 1.00 bits per heavy atom. The van der Waals surface area contributed by atoms with Crippen LogP contribution in [0.5, 0.6) is 17.2 Å². The molecule has 0 radical (unpaired) electrons. The molecule has 3 aliphatic rings. The van der Waals surface area contributed by atoms with E-state index in [9.17, 15) is 5.11 Å². The maximum absolute atomic E-state index is 11.9. The standard InChI is InChI=1S/C27H29NO4/c1-30-24-7-4-8-25-26(24)32-23(17-31-25)16-28-14-21-11-12-22(15-28)27(21,29)20-10-9-18-5-2-3-6-19(18)13-20/h2-10,13,21-23,29H,11-12,14-17H2,1H3/t21?,22?,23-,27?/m0/s1. The second-order valence-electron chi connectivity index (χ2n) is 9.42. The Morgan fingerprint density at radius 2 is 1.78 bits per heavy atom. The van der Waals surface area contributed by atoms with Gasteiger partial charge in [-0.25, -0.2) is 0 Å². The van der Waals surface area contributed by atoms with Gasteiger partial charge in [-0.3, -0.25) is 4.90 Å². The van der Waals surface area contributed by atoms with Gasteiger partial charge in [0.25, 0.3) is 0 Å². The van der Waals surface area contributed by atoms with Crippen LogP contribution in [-0.4, -0.2) is 49.5 Å². The average molecular weight is 432 g/mol. The molecule has 2 unspecified atom stereocenters. The van der Waals surface area contributed by atoms with Crippen LogP contribution in [0.1, 0.15) is 18.4 Å². The van der Waals surface area contributed by atoms with Crippen LogP contribution >= 0.6 is 0 Å². The van der Waals surface area contributed by atoms with Gasteiger partial charge in [0.05, 0.1) is 12.7 Å². The normalized spacial score (nSPS) is 29.2. The third-order valence-electron chi connectivity index (χ3n) is 7.61. The van der Waals surface area contributed by atoms with Gasteiger partial charge >= 0.3 is 0 Å². The van der Waals surface area contributed by atoms with E-state index in [0.29, 0.717) is 18.1 Å². The van der Waals surface area contributed by atoms with E-state index in [0.717, 1.165) is 43.8 Å². The van der Waals surface area contributed by atoms with E-state index in [-0.39, 0.29) is 17.9 Å². The van der Waals surface area contributed by atoms with Gasteiger partial charge in [-0.1, -0.05) is 42.5 Å². The SMILES string of the molecule is COc1cccc2c1O[C@@H](CN1CC3CCC(C1)C3(O)c1ccc3ccccc3c1)CO2. The summed E-state index contributed by atoms with van der Waals surface area (Å²) < 4.78 is 17.7. The lowest BCUT2D eigenvalue weighted by Crippen LogP contribution is -2.54. The first-order chi connectivity index (χ1) is 15.6. The summed E-state index contributed by atoms with van der Waals surface area (Å²) in [6.07, 6.45) is 2.07. The van der Waals surface area contributed by atoms with Crippen LogP contribution in [0.4, 0.5) is 0 Å². The minimum absolute atomic E-state index is 0.0509. The van der Waals surface area contributed by atoms with Crippen molar-refractivity contribution >= 4 is 10.8 Å². The number of benzene rings is 3. The molecule has 5 heteroatoms. The lowest BCUT2D eigenvalue weighted by atomic mass is 9.74. The summed E-state index contributed by atoms with van der Waals surface area (Å²) >= 11 is 0. The molecule has 2 heterocycles. The predicted octanol–water partition coefficient (Wildman–Crippen LogP) is 4.22. The molecule has 32 heavy (non-hydrogen) atoms. The predicted molar refractivity (Wildman–Crippen MR) is 123 cm³/mol. The zero-order chi connectivity index (χ0) is 21.7. The van der Waals surface area contributed by atoms with Crippen molar-refractivity contribution < 1.29 is 19.3 Å². The molecule has 0 spiro atoms. The molecule has 2 aliphatic heterocycles. The molecule has 1 N–H and O–H groups in total. The van der Waals surface area contributed by atoms with Crippen molar-refractivity contribution in [1.29, 1.82) is 0 Å². The fourth-order valence-electron chi connectivity index (χ4n) is 6.04. The van der Waals surface area contributed by atoms with Crippen molar-refractivity contribution in [3.63, 3.8) is 0 Å². The number of likely N-dealkylation sites (tertiary alicyclic amines) is 1. The number of fused-ring (bicyclic) bond motifs is 4. The van der Waals surface area contributed by atoms with Crippen LogP contribution in [0, 0.1) is 11.8 Å². The van der Waals surface area contributed by atoms with Crippen molar-refractivity contribution in [3.8, 4) is 17.2 Å². The summed E-state index contributed by atoms with van der Waals surface area (Å²) in [5.74, 6) is 2.60. The van der Waals surface area contributed by atoms with Crippen LogP contribution in [0.2, 0.25) is 0 Å². The first-order valence-electron chi connectivity index (χ1n) is 11.6. The van der Waals surface area contributed by atoms with E-state index in [4.69, 9.17) is 14.2 Å². The Bertz CT molecular complexity index is 1120. The third kappa shape index (κ3) is 3.14. The summed E-state index contributed by atoms with van der Waals surface area (Å²) in [6.45, 7) is 3.07. The second kappa shape index (κ2) is 7.68. The molecule has 3 aromatic rings. The highest BCUT2D eigenvalue weighted by Crippen LogP contribution is 2.51. The van der Waals surface area contributed by atoms with Crippen molar-refractivity contribution in [2.24, 2.45) is 11.8 Å². The Labute approximate surface area is 188 Å². The average Bonchev–Trinajstić information content (AvgIpc) is 2.99. The number of rotatable bonds is 4. The van der Waals surface area contributed by atoms with Gasteiger partial charge in [0.15, 0.2) is 11.5 Å². The summed E-state index contributed by atoms with van der Waals surface area (Å²) in [5, 5.41) is 14.3. The van der Waals surface area contributed by atoms with E-state index in [1.54, 1.807) is 7.11 Å². The summed E-state index contributed by atoms with van der Waals surface area (Å²) in [5.41, 5.74) is 0.319. The third-order valence-corrected chi connectivity index (χ3v) is 7.61. The first-order valence-corrected chi connectivity index (χ1v) is 11.6. The Morgan fingerprint density at radius 3 is 2.56 bits per heavy atom. The molecule has 5 nitrogen and oxygen atoms in total. The van der Waals surface area contributed by atoms with Crippen LogP contribution in [0.15, 0.2) is 60.7 Å². The van der Waals surface area contributed by atoms with Crippen LogP contribution in [0.3, 0.4) is 0 Å². The summed E-state index contributed by atoms with van der Waals surface area (Å²) in [7, 11) is 1.65. The molecule has 2 fully saturated rings. The smallest absolute Gasteiger partial charge is 0.204 e. The monoisotopic (exact) mass is 431 g/mol. The van der Waals surface area contributed by atoms with Gasteiger partial charge in [-0.2, -0.15) is 0 Å². The van der Waals surface area contributed by atoms with Crippen molar-refractivity contribution in [2.45, 2.75) is 24.5 Å². The lowest BCUT2D eigenvalue weighted by molar-refractivity contribution is -0.0960. The molecule has 1 saturated heterocycles. The van der Waals surface area contributed by atoms with E-state index in [1.165, 1.54) is 10.8 Å². The summed E-state index contributed by atoms with van der Waals surface area (Å²) in [6, 6.07) is 20.6. The van der Waals surface area contributed by atoms with E-state index < -0.39 is 5.60 Å². The Kier molecular flexibility index (Phi) is 4.77. The number of methoxy groups -OCH3 is 1. The number of piperidine rings is 1. The molecule has 0 aromatic heterocycles. The van der Waals surface area contributed by atoms with Crippen molar-refractivity contribution in [2.75, 3.05) is 33.4 Å². The molecule has 1 saturated carbocycles. The topological polar surface area (TPSA) is 51.2 Å². The molecular weight excluding hydrogens is 402 g/mol. The van der Waals surface area contributed by atoms with Crippen molar-refractivity contribution in [3.05, 3.63) is 66.2 Å². The largest absolute Gasteiger partial charge is 0.493 e. The van der Waals surface area contributed by atoms with Gasteiger partial charge in [-0.15, -0.1) is 0 Å². The van der Waals surface area contributed by atoms with Gasteiger partial charge < -0.3 is 19.3 Å². The number of nitrogens with zero attached hydrogens (tertiary/aromatic N) is 1. The highest BCUT2D eigenvalue weighted by molar-refractivity contribution is 5.83.